The Hall–Kier alpha value is -1.42. The Labute approximate surface area is 126 Å². The van der Waals surface area contributed by atoms with Crippen LogP contribution in [0, 0.1) is 12.7 Å². The van der Waals surface area contributed by atoms with Crippen LogP contribution in [-0.2, 0) is 9.53 Å². The van der Waals surface area contributed by atoms with Crippen LogP contribution in [-0.4, -0.2) is 19.1 Å². The molecule has 0 saturated heterocycles. The average molecular weight is 295 g/mol. The Morgan fingerprint density at radius 2 is 2.10 bits per heavy atom. The molecule has 1 aromatic rings. The Bertz CT molecular complexity index is 448. The number of hydrogen-bond donors (Lipinski definition) is 1. The van der Waals surface area contributed by atoms with Crippen LogP contribution >= 0.6 is 0 Å². The highest BCUT2D eigenvalue weighted by atomic mass is 19.1. The molecule has 0 spiro atoms. The molecule has 0 amide bonds. The summed E-state index contributed by atoms with van der Waals surface area (Å²) in [5.74, 6) is -0.274. The van der Waals surface area contributed by atoms with Gasteiger partial charge in [-0.25, -0.2) is 4.39 Å². The number of unbranched alkanes of at least 4 members (excludes halogenated alkanes) is 2. The molecule has 4 heteroatoms. The van der Waals surface area contributed by atoms with Crippen LogP contribution in [0.4, 0.5) is 4.39 Å². The van der Waals surface area contributed by atoms with Gasteiger partial charge < -0.3 is 10.1 Å². The van der Waals surface area contributed by atoms with Gasteiger partial charge in [0.15, 0.2) is 0 Å². The van der Waals surface area contributed by atoms with E-state index in [4.69, 9.17) is 4.74 Å². The van der Waals surface area contributed by atoms with Gasteiger partial charge >= 0.3 is 5.97 Å². The second kappa shape index (κ2) is 9.50. The second-order valence-corrected chi connectivity index (χ2v) is 5.30. The van der Waals surface area contributed by atoms with E-state index in [-0.39, 0.29) is 17.8 Å². The van der Waals surface area contributed by atoms with E-state index < -0.39 is 0 Å². The van der Waals surface area contributed by atoms with Gasteiger partial charge in [-0.15, -0.1) is 0 Å². The number of hydrogen-bond acceptors (Lipinski definition) is 3. The molecule has 0 radical (unpaired) electrons. The molecule has 0 aromatic heterocycles. The van der Waals surface area contributed by atoms with E-state index in [1.807, 2.05) is 26.0 Å². The molecule has 1 unspecified atom stereocenters. The van der Waals surface area contributed by atoms with Gasteiger partial charge in [-0.2, -0.15) is 0 Å². The third-order valence-electron chi connectivity index (χ3n) is 3.51. The smallest absolute Gasteiger partial charge is 0.305 e. The standard InChI is InChI=1S/C17H26FNO2/c1-4-21-17(20)8-6-5-7-11-19-14(3)15-10-9-13(2)16(18)12-15/h9-10,12,14,19H,4-8,11H2,1-3H3. The number of nitrogens with one attached hydrogen (secondary N) is 1. The van der Waals surface area contributed by atoms with Crippen molar-refractivity contribution in [2.45, 2.75) is 52.5 Å². The molecule has 1 atom stereocenters. The van der Waals surface area contributed by atoms with E-state index in [1.54, 1.807) is 13.0 Å². The molecule has 3 nitrogen and oxygen atoms in total. The molecule has 118 valence electrons. The number of carbonyl (C=O) groups is 1. The van der Waals surface area contributed by atoms with E-state index in [0.29, 0.717) is 18.6 Å². The van der Waals surface area contributed by atoms with Crippen molar-refractivity contribution in [2.24, 2.45) is 0 Å². The van der Waals surface area contributed by atoms with Crippen LogP contribution in [0.5, 0.6) is 0 Å². The Morgan fingerprint density at radius 1 is 1.33 bits per heavy atom. The van der Waals surface area contributed by atoms with Gasteiger partial charge in [0.1, 0.15) is 5.82 Å². The lowest BCUT2D eigenvalue weighted by molar-refractivity contribution is -0.143. The minimum absolute atomic E-state index is 0.117. The summed E-state index contributed by atoms with van der Waals surface area (Å²) in [5, 5.41) is 3.38. The zero-order valence-electron chi connectivity index (χ0n) is 13.2. The topological polar surface area (TPSA) is 38.3 Å². The first-order valence-electron chi connectivity index (χ1n) is 7.69. The molecule has 0 heterocycles. The molecule has 0 bridgehead atoms. The van der Waals surface area contributed by atoms with Crippen molar-refractivity contribution in [1.82, 2.24) is 5.32 Å². The van der Waals surface area contributed by atoms with Crippen LogP contribution in [0.2, 0.25) is 0 Å². The van der Waals surface area contributed by atoms with Gasteiger partial charge in [-0.05, 0) is 57.4 Å². The maximum atomic E-state index is 13.5. The Morgan fingerprint density at radius 3 is 2.76 bits per heavy atom. The summed E-state index contributed by atoms with van der Waals surface area (Å²) in [6.07, 6.45) is 3.33. The second-order valence-electron chi connectivity index (χ2n) is 5.30. The molecule has 0 saturated carbocycles. The zero-order valence-corrected chi connectivity index (χ0v) is 13.2. The van der Waals surface area contributed by atoms with Gasteiger partial charge in [0, 0.05) is 12.5 Å². The minimum Gasteiger partial charge on any atom is -0.466 e. The summed E-state index contributed by atoms with van der Waals surface area (Å²) in [4.78, 5) is 11.2. The zero-order chi connectivity index (χ0) is 15.7. The number of benzene rings is 1. The lowest BCUT2D eigenvalue weighted by Gasteiger charge is -2.14. The summed E-state index contributed by atoms with van der Waals surface area (Å²) in [5.41, 5.74) is 1.63. The quantitative estimate of drug-likeness (QED) is 0.554. The van der Waals surface area contributed by atoms with Gasteiger partial charge in [0.05, 0.1) is 6.61 Å². The fourth-order valence-electron chi connectivity index (χ4n) is 2.12. The lowest BCUT2D eigenvalue weighted by Crippen LogP contribution is -2.20. The number of ether oxygens (including phenoxy) is 1. The highest BCUT2D eigenvalue weighted by Gasteiger charge is 2.07. The van der Waals surface area contributed by atoms with Crippen molar-refractivity contribution < 1.29 is 13.9 Å². The maximum Gasteiger partial charge on any atom is 0.305 e. The van der Waals surface area contributed by atoms with Crippen LogP contribution in [0.25, 0.3) is 0 Å². The first-order chi connectivity index (χ1) is 10.0. The summed E-state index contributed by atoms with van der Waals surface area (Å²) < 4.78 is 18.4. The summed E-state index contributed by atoms with van der Waals surface area (Å²) in [6.45, 7) is 6.92. The van der Waals surface area contributed by atoms with E-state index >= 15 is 0 Å². The highest BCUT2D eigenvalue weighted by Crippen LogP contribution is 2.16. The fourth-order valence-corrected chi connectivity index (χ4v) is 2.12. The SMILES string of the molecule is CCOC(=O)CCCCCNC(C)c1ccc(C)c(F)c1. The minimum atomic E-state index is -0.157. The van der Waals surface area contributed by atoms with Crippen molar-refractivity contribution in [3.8, 4) is 0 Å². The predicted molar refractivity (Wildman–Crippen MR) is 82.7 cm³/mol. The number of rotatable bonds is 9. The maximum absolute atomic E-state index is 13.5. The molecule has 21 heavy (non-hydrogen) atoms. The molecule has 0 aliphatic rings. The Balaban J connectivity index is 2.17. The van der Waals surface area contributed by atoms with Gasteiger partial charge in [0.2, 0.25) is 0 Å². The number of esters is 1. The summed E-state index contributed by atoms with van der Waals surface area (Å²) in [6, 6.07) is 5.48. The third-order valence-corrected chi connectivity index (χ3v) is 3.51. The van der Waals surface area contributed by atoms with E-state index in [2.05, 4.69) is 5.32 Å². The molecule has 1 rings (SSSR count). The predicted octanol–water partition coefficient (Wildman–Crippen LogP) is 3.91. The summed E-state index contributed by atoms with van der Waals surface area (Å²) in [7, 11) is 0. The Kier molecular flexibility index (Phi) is 7.98. The molecular formula is C17H26FNO2. The van der Waals surface area contributed by atoms with Gasteiger partial charge in [-0.3, -0.25) is 4.79 Å². The number of aryl methyl sites for hydroxylation is 1. The van der Waals surface area contributed by atoms with Crippen LogP contribution in [0.3, 0.4) is 0 Å². The van der Waals surface area contributed by atoms with Crippen molar-refractivity contribution in [3.63, 3.8) is 0 Å². The first kappa shape index (κ1) is 17.6. The van der Waals surface area contributed by atoms with Crippen molar-refractivity contribution in [3.05, 3.63) is 35.1 Å². The van der Waals surface area contributed by atoms with Gasteiger partial charge in [0.25, 0.3) is 0 Å². The fraction of sp³-hybridized carbons (Fsp3) is 0.588. The number of halogens is 1. The third kappa shape index (κ3) is 6.71. The molecular weight excluding hydrogens is 269 g/mol. The largest absolute Gasteiger partial charge is 0.466 e. The average Bonchev–Trinajstić information content (AvgIpc) is 2.45. The highest BCUT2D eigenvalue weighted by molar-refractivity contribution is 5.69. The molecule has 1 aromatic carbocycles. The first-order valence-corrected chi connectivity index (χ1v) is 7.69. The molecule has 1 N–H and O–H groups in total. The molecule has 0 fully saturated rings. The monoisotopic (exact) mass is 295 g/mol. The van der Waals surface area contributed by atoms with Crippen LogP contribution in [0.15, 0.2) is 18.2 Å². The normalized spacial score (nSPS) is 12.2. The van der Waals surface area contributed by atoms with E-state index in [9.17, 15) is 9.18 Å². The van der Waals surface area contributed by atoms with Crippen LogP contribution in [0.1, 0.15) is 56.7 Å². The van der Waals surface area contributed by atoms with Crippen LogP contribution < -0.4 is 5.32 Å². The van der Waals surface area contributed by atoms with E-state index in [1.165, 1.54) is 0 Å². The number of carbonyl (C=O) groups excluding carboxylic acids is 1. The van der Waals surface area contributed by atoms with E-state index in [0.717, 1.165) is 31.4 Å². The lowest BCUT2D eigenvalue weighted by atomic mass is 10.1. The van der Waals surface area contributed by atoms with Crippen molar-refractivity contribution in [1.29, 1.82) is 0 Å². The molecule has 0 aliphatic heterocycles. The van der Waals surface area contributed by atoms with Gasteiger partial charge in [-0.1, -0.05) is 18.6 Å². The molecule has 0 aliphatic carbocycles. The summed E-state index contributed by atoms with van der Waals surface area (Å²) >= 11 is 0. The van der Waals surface area contributed by atoms with Crippen molar-refractivity contribution >= 4 is 5.97 Å². The van der Waals surface area contributed by atoms with Crippen molar-refractivity contribution in [2.75, 3.05) is 13.2 Å².